The van der Waals surface area contributed by atoms with Crippen LogP contribution in [0, 0.1) is 31.6 Å². The van der Waals surface area contributed by atoms with Crippen molar-refractivity contribution in [3.8, 4) is 0 Å². The lowest BCUT2D eigenvalue weighted by molar-refractivity contribution is -0.153. The Morgan fingerprint density at radius 2 is 1.82 bits per heavy atom. The van der Waals surface area contributed by atoms with Gasteiger partial charge in [-0.05, 0) is 50.7 Å². The Morgan fingerprint density at radius 1 is 1.21 bits per heavy atom. The first-order chi connectivity index (χ1) is 18.4. The van der Waals surface area contributed by atoms with Gasteiger partial charge in [-0.2, -0.15) is 0 Å². The molecule has 3 unspecified atom stereocenters. The standard InChI is InChI=1S/C31H43N3O5/c1-9-15-32(8)27(36)23-24-28(37)34(22(11-3)18-35)26(31(24)17-21(6)30(23,7)39-31)29(38)33(16-10-2)25-19(4)13-12-14-20(25)5/h9-10,12-14,21-24,26,35H,1-2,11,15-18H2,3-8H3/t21?,22-,23+,24-,26?,30-,31?/m0/s1. The van der Waals surface area contributed by atoms with E-state index in [0.717, 1.165) is 16.8 Å². The van der Waals surface area contributed by atoms with E-state index in [0.29, 0.717) is 19.4 Å². The predicted molar refractivity (Wildman–Crippen MR) is 151 cm³/mol. The molecule has 1 aromatic carbocycles. The van der Waals surface area contributed by atoms with Gasteiger partial charge in [0.1, 0.15) is 11.6 Å². The first-order valence-electron chi connectivity index (χ1n) is 13.9. The van der Waals surface area contributed by atoms with Crippen LogP contribution >= 0.6 is 0 Å². The number of aliphatic hydroxyl groups excluding tert-OH is 1. The second kappa shape index (κ2) is 10.5. The van der Waals surface area contributed by atoms with E-state index in [1.165, 1.54) is 0 Å². The van der Waals surface area contributed by atoms with Crippen LogP contribution in [0.3, 0.4) is 0 Å². The molecule has 4 rings (SSSR count). The fraction of sp³-hybridized carbons (Fsp3) is 0.581. The molecule has 212 valence electrons. The van der Waals surface area contributed by atoms with Gasteiger partial charge in [0.05, 0.1) is 30.1 Å². The van der Waals surface area contributed by atoms with Crippen molar-refractivity contribution in [1.29, 1.82) is 0 Å². The van der Waals surface area contributed by atoms with E-state index in [4.69, 9.17) is 4.74 Å². The molecule has 2 bridgehead atoms. The minimum atomic E-state index is -1.18. The number of ether oxygens (including phenoxy) is 1. The molecule has 1 N–H and O–H groups in total. The van der Waals surface area contributed by atoms with Gasteiger partial charge in [-0.3, -0.25) is 14.4 Å². The quantitative estimate of drug-likeness (QED) is 0.463. The number of aliphatic hydroxyl groups is 1. The molecule has 1 aromatic rings. The van der Waals surface area contributed by atoms with Gasteiger partial charge in [-0.25, -0.2) is 0 Å². The molecule has 0 aromatic heterocycles. The van der Waals surface area contributed by atoms with Crippen molar-refractivity contribution in [3.63, 3.8) is 0 Å². The number of carbonyl (C=O) groups is 3. The maximum absolute atomic E-state index is 14.8. The highest BCUT2D eigenvalue weighted by atomic mass is 16.5. The third-order valence-electron chi connectivity index (χ3n) is 9.39. The van der Waals surface area contributed by atoms with Crippen LogP contribution < -0.4 is 4.90 Å². The van der Waals surface area contributed by atoms with Gasteiger partial charge in [0.15, 0.2) is 0 Å². The van der Waals surface area contributed by atoms with E-state index in [9.17, 15) is 19.5 Å². The highest BCUT2D eigenvalue weighted by Gasteiger charge is 2.80. The normalized spacial score (nSPS) is 31.7. The van der Waals surface area contributed by atoms with Crippen LogP contribution in [0.1, 0.15) is 44.7 Å². The lowest BCUT2D eigenvalue weighted by Crippen LogP contribution is -2.59. The number of rotatable bonds is 10. The van der Waals surface area contributed by atoms with E-state index >= 15 is 0 Å². The molecule has 39 heavy (non-hydrogen) atoms. The maximum atomic E-state index is 14.8. The molecule has 3 heterocycles. The number of carbonyl (C=O) groups excluding carboxylic acids is 3. The highest BCUT2D eigenvalue weighted by molar-refractivity contribution is 6.06. The van der Waals surface area contributed by atoms with Crippen molar-refractivity contribution in [2.75, 3.05) is 31.6 Å². The number of fused-ring (bicyclic) bond motifs is 1. The largest absolute Gasteiger partial charge is 0.394 e. The van der Waals surface area contributed by atoms with E-state index in [2.05, 4.69) is 13.2 Å². The van der Waals surface area contributed by atoms with Gasteiger partial charge in [0, 0.05) is 25.8 Å². The number of para-hydroxylation sites is 1. The van der Waals surface area contributed by atoms with E-state index in [-0.39, 0.29) is 36.8 Å². The molecule has 0 radical (unpaired) electrons. The fourth-order valence-electron chi connectivity index (χ4n) is 7.46. The summed E-state index contributed by atoms with van der Waals surface area (Å²) in [5, 5.41) is 10.4. The van der Waals surface area contributed by atoms with Crippen LogP contribution in [-0.4, -0.2) is 82.7 Å². The van der Waals surface area contributed by atoms with Gasteiger partial charge in [0.2, 0.25) is 11.8 Å². The van der Waals surface area contributed by atoms with Crippen LogP contribution in [0.5, 0.6) is 0 Å². The molecule has 3 amide bonds. The number of likely N-dealkylation sites (N-methyl/N-ethyl adjacent to an activating group) is 1. The van der Waals surface area contributed by atoms with Crippen molar-refractivity contribution >= 4 is 23.4 Å². The van der Waals surface area contributed by atoms with Crippen LogP contribution in [0.25, 0.3) is 0 Å². The SMILES string of the molecule is C=CCN(C)C(=O)[C@H]1[C@H]2C(=O)N([C@@H](CC)CO)C(C(=O)N(CC=C)c3c(C)cccc3C)C23CC(C)[C@]1(C)O3. The molecular formula is C31H43N3O5. The molecule has 8 heteroatoms. The summed E-state index contributed by atoms with van der Waals surface area (Å²) in [7, 11) is 1.70. The molecule has 3 aliphatic rings. The number of amides is 3. The Labute approximate surface area is 232 Å². The fourth-order valence-corrected chi connectivity index (χ4v) is 7.46. The summed E-state index contributed by atoms with van der Waals surface area (Å²) < 4.78 is 6.85. The number of hydrogen-bond acceptors (Lipinski definition) is 5. The average molecular weight is 538 g/mol. The van der Waals surface area contributed by atoms with Crippen molar-refractivity contribution in [2.45, 2.75) is 70.7 Å². The highest BCUT2D eigenvalue weighted by Crippen LogP contribution is 2.66. The Bertz CT molecular complexity index is 1160. The Morgan fingerprint density at radius 3 is 2.36 bits per heavy atom. The first kappa shape index (κ1) is 29.0. The second-order valence-electron chi connectivity index (χ2n) is 11.7. The zero-order chi connectivity index (χ0) is 28.9. The minimum Gasteiger partial charge on any atom is -0.394 e. The predicted octanol–water partition coefficient (Wildman–Crippen LogP) is 3.25. The summed E-state index contributed by atoms with van der Waals surface area (Å²) >= 11 is 0. The number of likely N-dealkylation sites (tertiary alicyclic amines) is 1. The first-order valence-corrected chi connectivity index (χ1v) is 13.9. The lowest BCUT2D eigenvalue weighted by atomic mass is 9.62. The van der Waals surface area contributed by atoms with Crippen LogP contribution in [0.4, 0.5) is 5.69 Å². The summed E-state index contributed by atoms with van der Waals surface area (Å²) in [4.78, 5) is 47.9. The van der Waals surface area contributed by atoms with E-state index < -0.39 is 35.1 Å². The van der Waals surface area contributed by atoms with Crippen molar-refractivity contribution in [3.05, 3.63) is 54.6 Å². The summed E-state index contributed by atoms with van der Waals surface area (Å²) in [5.74, 6) is -2.40. The molecule has 0 saturated carbocycles. The van der Waals surface area contributed by atoms with Gasteiger partial charge < -0.3 is 24.5 Å². The third-order valence-corrected chi connectivity index (χ3v) is 9.39. The third kappa shape index (κ3) is 4.14. The molecule has 3 fully saturated rings. The minimum absolute atomic E-state index is 0.0647. The maximum Gasteiger partial charge on any atom is 0.253 e. The molecule has 0 aliphatic carbocycles. The summed E-state index contributed by atoms with van der Waals surface area (Å²) in [6.45, 7) is 17.7. The number of benzene rings is 1. The van der Waals surface area contributed by atoms with Gasteiger partial charge in [-0.1, -0.05) is 44.2 Å². The zero-order valence-electron chi connectivity index (χ0n) is 24.1. The Kier molecular flexibility index (Phi) is 7.85. The second-order valence-corrected chi connectivity index (χ2v) is 11.7. The van der Waals surface area contributed by atoms with Gasteiger partial charge in [-0.15, -0.1) is 13.2 Å². The van der Waals surface area contributed by atoms with Crippen LogP contribution in [0.15, 0.2) is 43.5 Å². The average Bonchev–Trinajstić information content (AvgIpc) is 3.40. The van der Waals surface area contributed by atoms with Gasteiger partial charge >= 0.3 is 0 Å². The van der Waals surface area contributed by atoms with Crippen LogP contribution in [-0.2, 0) is 19.1 Å². The monoisotopic (exact) mass is 537 g/mol. The molecule has 7 atom stereocenters. The molecule has 3 saturated heterocycles. The topological polar surface area (TPSA) is 90.4 Å². The van der Waals surface area contributed by atoms with Crippen molar-refractivity contribution < 1.29 is 24.2 Å². The molecular weight excluding hydrogens is 494 g/mol. The summed E-state index contributed by atoms with van der Waals surface area (Å²) in [5.41, 5.74) is 0.550. The number of nitrogens with zero attached hydrogens (tertiary/aromatic N) is 3. The lowest BCUT2D eigenvalue weighted by Gasteiger charge is -2.40. The smallest absolute Gasteiger partial charge is 0.253 e. The number of aryl methyl sites for hydroxylation is 2. The Hall–Kier alpha value is -2.97. The molecule has 3 aliphatic heterocycles. The van der Waals surface area contributed by atoms with Crippen LogP contribution in [0.2, 0.25) is 0 Å². The van der Waals surface area contributed by atoms with Crippen molar-refractivity contribution in [2.24, 2.45) is 17.8 Å². The number of hydrogen-bond donors (Lipinski definition) is 1. The Balaban J connectivity index is 1.91. The number of anilines is 1. The molecule has 1 spiro atoms. The van der Waals surface area contributed by atoms with Gasteiger partial charge in [0.25, 0.3) is 5.91 Å². The zero-order valence-corrected chi connectivity index (χ0v) is 24.1. The van der Waals surface area contributed by atoms with Crippen molar-refractivity contribution in [1.82, 2.24) is 9.80 Å². The summed E-state index contributed by atoms with van der Waals surface area (Å²) in [6.07, 6.45) is 4.26. The molecule has 8 nitrogen and oxygen atoms in total. The van der Waals surface area contributed by atoms with E-state index in [1.807, 2.05) is 52.8 Å². The van der Waals surface area contributed by atoms with E-state index in [1.54, 1.807) is 33.9 Å². The summed E-state index contributed by atoms with van der Waals surface area (Å²) in [6, 6.07) is 4.29.